The number of hydrogen-bond donors (Lipinski definition) is 0. The van der Waals surface area contributed by atoms with E-state index >= 15 is 0 Å². The van der Waals surface area contributed by atoms with Crippen LogP contribution in [0.15, 0.2) is 36.7 Å². The number of halogens is 1. The minimum Gasteiger partial charge on any atom is -0.353 e. The lowest BCUT2D eigenvalue weighted by Gasteiger charge is -2.38. The standard InChI is InChI=1S/C19H21FN4O/c20-16-6-4-14(5-7-16)17-12-18(22-13-21-17)23-8-10-24(11-9-23)19(25)15-2-1-3-15/h4-7,12-13,15H,1-3,8-11H2. The van der Waals surface area contributed by atoms with E-state index in [0.717, 1.165) is 56.1 Å². The molecule has 1 amide bonds. The SMILES string of the molecule is O=C(C1CCC1)N1CCN(c2cc(-c3ccc(F)cc3)ncn2)CC1. The van der Waals surface area contributed by atoms with Gasteiger partial charge in [-0.3, -0.25) is 4.79 Å². The molecule has 1 aliphatic heterocycles. The number of hydrogen-bond acceptors (Lipinski definition) is 4. The van der Waals surface area contributed by atoms with E-state index in [1.54, 1.807) is 18.5 Å². The van der Waals surface area contributed by atoms with Gasteiger partial charge in [0.15, 0.2) is 0 Å². The number of rotatable bonds is 3. The summed E-state index contributed by atoms with van der Waals surface area (Å²) in [5.41, 5.74) is 1.64. The molecule has 0 spiro atoms. The number of aromatic nitrogens is 2. The molecule has 1 aromatic carbocycles. The first-order valence-electron chi connectivity index (χ1n) is 8.82. The molecule has 5 nitrogen and oxygen atoms in total. The average molecular weight is 340 g/mol. The van der Waals surface area contributed by atoms with Crippen LogP contribution in [-0.4, -0.2) is 47.0 Å². The number of piperazine rings is 1. The number of nitrogens with zero attached hydrogens (tertiary/aromatic N) is 4. The van der Waals surface area contributed by atoms with Crippen molar-refractivity contribution in [2.75, 3.05) is 31.1 Å². The predicted molar refractivity (Wildman–Crippen MR) is 93.6 cm³/mol. The van der Waals surface area contributed by atoms with Crippen LogP contribution in [0, 0.1) is 11.7 Å². The van der Waals surface area contributed by atoms with E-state index in [4.69, 9.17) is 0 Å². The Morgan fingerprint density at radius 2 is 1.76 bits per heavy atom. The van der Waals surface area contributed by atoms with Crippen LogP contribution in [0.4, 0.5) is 10.2 Å². The second-order valence-electron chi connectivity index (χ2n) is 6.71. The van der Waals surface area contributed by atoms with Crippen LogP contribution in [-0.2, 0) is 4.79 Å². The summed E-state index contributed by atoms with van der Waals surface area (Å²) >= 11 is 0. The molecular formula is C19H21FN4O. The molecule has 0 N–H and O–H groups in total. The van der Waals surface area contributed by atoms with Gasteiger partial charge in [0.05, 0.1) is 5.69 Å². The highest BCUT2D eigenvalue weighted by Crippen LogP contribution is 2.29. The van der Waals surface area contributed by atoms with Gasteiger partial charge in [0, 0.05) is 43.7 Å². The smallest absolute Gasteiger partial charge is 0.225 e. The van der Waals surface area contributed by atoms with Gasteiger partial charge in [-0.25, -0.2) is 14.4 Å². The van der Waals surface area contributed by atoms with Gasteiger partial charge in [0.1, 0.15) is 18.0 Å². The van der Waals surface area contributed by atoms with Crippen LogP contribution in [0.25, 0.3) is 11.3 Å². The summed E-state index contributed by atoms with van der Waals surface area (Å²) in [6.07, 6.45) is 4.82. The predicted octanol–water partition coefficient (Wildman–Crippen LogP) is 2.73. The maximum Gasteiger partial charge on any atom is 0.225 e. The fourth-order valence-corrected chi connectivity index (χ4v) is 3.37. The summed E-state index contributed by atoms with van der Waals surface area (Å²) in [6, 6.07) is 8.23. The molecule has 0 radical (unpaired) electrons. The molecule has 0 atom stereocenters. The van der Waals surface area contributed by atoms with Crippen LogP contribution in [0.5, 0.6) is 0 Å². The summed E-state index contributed by atoms with van der Waals surface area (Å²) in [5.74, 6) is 1.17. The van der Waals surface area contributed by atoms with Gasteiger partial charge >= 0.3 is 0 Å². The summed E-state index contributed by atoms with van der Waals surface area (Å²) < 4.78 is 13.1. The molecule has 2 aromatic rings. The van der Waals surface area contributed by atoms with Crippen molar-refractivity contribution in [3.63, 3.8) is 0 Å². The maximum atomic E-state index is 13.1. The van der Waals surface area contributed by atoms with Crippen molar-refractivity contribution in [3.8, 4) is 11.3 Å². The van der Waals surface area contributed by atoms with Gasteiger partial charge < -0.3 is 9.80 Å². The van der Waals surface area contributed by atoms with E-state index in [1.807, 2.05) is 11.0 Å². The first-order valence-corrected chi connectivity index (χ1v) is 8.82. The Balaban J connectivity index is 1.43. The lowest BCUT2D eigenvalue weighted by atomic mass is 9.84. The number of benzene rings is 1. The highest BCUT2D eigenvalue weighted by Gasteiger charge is 2.31. The summed E-state index contributed by atoms with van der Waals surface area (Å²) in [7, 11) is 0. The molecule has 1 saturated heterocycles. The van der Waals surface area contributed by atoms with E-state index in [1.165, 1.54) is 18.6 Å². The van der Waals surface area contributed by atoms with Crippen LogP contribution >= 0.6 is 0 Å². The van der Waals surface area contributed by atoms with Gasteiger partial charge in [-0.05, 0) is 37.1 Å². The summed E-state index contributed by atoms with van der Waals surface area (Å²) in [4.78, 5) is 25.2. The van der Waals surface area contributed by atoms with Gasteiger partial charge in [-0.2, -0.15) is 0 Å². The Labute approximate surface area is 146 Å². The molecule has 25 heavy (non-hydrogen) atoms. The molecule has 2 fully saturated rings. The third kappa shape index (κ3) is 3.34. The molecule has 1 aliphatic carbocycles. The van der Waals surface area contributed by atoms with E-state index < -0.39 is 0 Å². The normalized spacial score (nSPS) is 18.1. The Hall–Kier alpha value is -2.50. The quantitative estimate of drug-likeness (QED) is 0.862. The Morgan fingerprint density at radius 1 is 1.04 bits per heavy atom. The van der Waals surface area contributed by atoms with Gasteiger partial charge in [0.2, 0.25) is 5.91 Å². The van der Waals surface area contributed by atoms with Crippen molar-refractivity contribution in [1.29, 1.82) is 0 Å². The number of carbonyl (C=O) groups is 1. The lowest BCUT2D eigenvalue weighted by molar-refractivity contribution is -0.138. The Bertz CT molecular complexity index is 752. The molecule has 130 valence electrons. The van der Waals surface area contributed by atoms with Crippen molar-refractivity contribution in [1.82, 2.24) is 14.9 Å². The molecule has 4 rings (SSSR count). The first-order chi connectivity index (χ1) is 12.2. The van der Waals surface area contributed by atoms with Crippen molar-refractivity contribution in [3.05, 3.63) is 42.5 Å². The minimum absolute atomic E-state index is 0.259. The molecule has 2 aliphatic rings. The maximum absolute atomic E-state index is 13.1. The van der Waals surface area contributed by atoms with Gasteiger partial charge in [-0.1, -0.05) is 6.42 Å². The molecule has 0 bridgehead atoms. The molecule has 6 heteroatoms. The zero-order chi connectivity index (χ0) is 17.2. The van der Waals surface area contributed by atoms with Crippen LogP contribution < -0.4 is 4.90 Å². The largest absolute Gasteiger partial charge is 0.353 e. The monoisotopic (exact) mass is 340 g/mol. The van der Waals surface area contributed by atoms with Crippen LogP contribution in [0.2, 0.25) is 0 Å². The number of amides is 1. The van der Waals surface area contributed by atoms with Gasteiger partial charge in [0.25, 0.3) is 0 Å². The molecule has 1 saturated carbocycles. The van der Waals surface area contributed by atoms with Crippen LogP contribution in [0.1, 0.15) is 19.3 Å². The average Bonchev–Trinajstić information content (AvgIpc) is 2.61. The zero-order valence-corrected chi connectivity index (χ0v) is 14.1. The Morgan fingerprint density at radius 3 is 2.40 bits per heavy atom. The third-order valence-electron chi connectivity index (χ3n) is 5.16. The van der Waals surface area contributed by atoms with Crippen molar-refractivity contribution in [2.45, 2.75) is 19.3 Å². The topological polar surface area (TPSA) is 49.3 Å². The highest BCUT2D eigenvalue weighted by atomic mass is 19.1. The number of anilines is 1. The lowest BCUT2D eigenvalue weighted by Crippen LogP contribution is -2.51. The Kier molecular flexibility index (Phi) is 4.34. The van der Waals surface area contributed by atoms with E-state index in [9.17, 15) is 9.18 Å². The van der Waals surface area contributed by atoms with Crippen molar-refractivity contribution in [2.24, 2.45) is 5.92 Å². The fraction of sp³-hybridized carbons (Fsp3) is 0.421. The van der Waals surface area contributed by atoms with E-state index in [-0.39, 0.29) is 11.7 Å². The summed E-state index contributed by atoms with van der Waals surface area (Å²) in [6.45, 7) is 3.03. The zero-order valence-electron chi connectivity index (χ0n) is 14.1. The van der Waals surface area contributed by atoms with Crippen molar-refractivity contribution >= 4 is 11.7 Å². The van der Waals surface area contributed by atoms with E-state index in [2.05, 4.69) is 14.9 Å². The van der Waals surface area contributed by atoms with E-state index in [0.29, 0.717) is 5.91 Å². The molecule has 0 unspecified atom stereocenters. The fourth-order valence-electron chi connectivity index (χ4n) is 3.37. The van der Waals surface area contributed by atoms with Crippen molar-refractivity contribution < 1.29 is 9.18 Å². The van der Waals surface area contributed by atoms with Gasteiger partial charge in [-0.15, -0.1) is 0 Å². The minimum atomic E-state index is -0.259. The highest BCUT2D eigenvalue weighted by molar-refractivity contribution is 5.80. The second kappa shape index (κ2) is 6.78. The molecular weight excluding hydrogens is 319 g/mol. The first kappa shape index (κ1) is 16.0. The third-order valence-corrected chi connectivity index (χ3v) is 5.16. The second-order valence-corrected chi connectivity index (χ2v) is 6.71. The van der Waals surface area contributed by atoms with Crippen LogP contribution in [0.3, 0.4) is 0 Å². The molecule has 1 aromatic heterocycles. The molecule has 2 heterocycles. The summed E-state index contributed by atoms with van der Waals surface area (Å²) in [5, 5.41) is 0. The number of carbonyl (C=O) groups excluding carboxylic acids is 1.